The van der Waals surface area contributed by atoms with Gasteiger partial charge in [0.15, 0.2) is 0 Å². The van der Waals surface area contributed by atoms with Crippen molar-refractivity contribution in [1.82, 2.24) is 14.7 Å². The third-order valence-electron chi connectivity index (χ3n) is 4.06. The van der Waals surface area contributed by atoms with Crippen LogP contribution in [0.4, 0.5) is 0 Å². The monoisotopic (exact) mass is 315 g/mol. The zero-order valence-electron chi connectivity index (χ0n) is 14.3. The summed E-state index contributed by atoms with van der Waals surface area (Å²) in [4.78, 5) is 14.1. The van der Waals surface area contributed by atoms with Crippen LogP contribution in [-0.4, -0.2) is 40.8 Å². The van der Waals surface area contributed by atoms with Crippen LogP contribution < -0.4 is 4.74 Å². The van der Waals surface area contributed by atoms with E-state index in [2.05, 4.69) is 12.0 Å². The zero-order chi connectivity index (χ0) is 16.8. The molecule has 0 radical (unpaired) electrons. The molecule has 1 aromatic carbocycles. The molecule has 124 valence electrons. The van der Waals surface area contributed by atoms with Gasteiger partial charge in [-0.25, -0.2) is 0 Å². The Hall–Kier alpha value is -2.30. The number of rotatable bonds is 7. The first-order valence-corrected chi connectivity index (χ1v) is 7.87. The van der Waals surface area contributed by atoms with Gasteiger partial charge in [-0.3, -0.25) is 9.48 Å². The van der Waals surface area contributed by atoms with Crippen LogP contribution in [0.25, 0.3) is 0 Å². The van der Waals surface area contributed by atoms with E-state index in [1.165, 1.54) is 5.56 Å². The highest BCUT2D eigenvalue weighted by atomic mass is 16.5. The molecule has 23 heavy (non-hydrogen) atoms. The van der Waals surface area contributed by atoms with Crippen molar-refractivity contribution < 1.29 is 9.53 Å². The van der Waals surface area contributed by atoms with Gasteiger partial charge in [0.05, 0.1) is 13.3 Å². The van der Waals surface area contributed by atoms with E-state index in [0.29, 0.717) is 13.0 Å². The Morgan fingerprint density at radius 3 is 2.61 bits per heavy atom. The van der Waals surface area contributed by atoms with Crippen molar-refractivity contribution in [3.8, 4) is 5.75 Å². The van der Waals surface area contributed by atoms with Crippen molar-refractivity contribution in [3.63, 3.8) is 0 Å². The summed E-state index contributed by atoms with van der Waals surface area (Å²) in [6.45, 7) is 4.68. The number of methoxy groups -OCH3 is 1. The summed E-state index contributed by atoms with van der Waals surface area (Å²) in [5, 5.41) is 4.21. The molecule has 0 aliphatic heterocycles. The Bertz CT molecular complexity index is 634. The quantitative estimate of drug-likeness (QED) is 0.789. The predicted molar refractivity (Wildman–Crippen MR) is 90.5 cm³/mol. The summed E-state index contributed by atoms with van der Waals surface area (Å²) in [7, 11) is 3.52. The number of aryl methyl sites for hydroxylation is 2. The molecule has 0 aliphatic rings. The maximum atomic E-state index is 12.3. The highest BCUT2D eigenvalue weighted by molar-refractivity contribution is 5.76. The first-order valence-electron chi connectivity index (χ1n) is 7.87. The Kier molecular flexibility index (Phi) is 5.79. The van der Waals surface area contributed by atoms with Gasteiger partial charge in [0.2, 0.25) is 5.91 Å². The maximum Gasteiger partial charge on any atom is 0.224 e. The lowest BCUT2D eigenvalue weighted by Gasteiger charge is -2.25. The Morgan fingerprint density at radius 2 is 2.04 bits per heavy atom. The second-order valence-corrected chi connectivity index (χ2v) is 5.94. The standard InChI is InChI=1S/C18H25N3O2/c1-14-12-19-21(13-14)10-9-18(22)20(3)15(2)11-16-5-7-17(23-4)8-6-16/h5-8,12-13,15H,9-11H2,1-4H3. The van der Waals surface area contributed by atoms with Gasteiger partial charge >= 0.3 is 0 Å². The van der Waals surface area contributed by atoms with Crippen molar-refractivity contribution in [2.24, 2.45) is 0 Å². The fraction of sp³-hybridized carbons (Fsp3) is 0.444. The topological polar surface area (TPSA) is 47.4 Å². The number of carbonyl (C=O) groups excluding carboxylic acids is 1. The summed E-state index contributed by atoms with van der Waals surface area (Å²) in [5.41, 5.74) is 2.30. The minimum atomic E-state index is 0.138. The average Bonchev–Trinajstić information content (AvgIpc) is 2.98. The molecule has 0 N–H and O–H groups in total. The minimum absolute atomic E-state index is 0.138. The Labute approximate surface area is 137 Å². The minimum Gasteiger partial charge on any atom is -0.497 e. The number of nitrogens with zero attached hydrogens (tertiary/aromatic N) is 3. The van der Waals surface area contributed by atoms with Crippen molar-refractivity contribution >= 4 is 5.91 Å². The molecule has 0 saturated carbocycles. The highest BCUT2D eigenvalue weighted by Crippen LogP contribution is 2.14. The number of benzene rings is 1. The Morgan fingerprint density at radius 1 is 1.35 bits per heavy atom. The van der Waals surface area contributed by atoms with E-state index in [1.54, 1.807) is 13.3 Å². The van der Waals surface area contributed by atoms with E-state index in [0.717, 1.165) is 17.7 Å². The van der Waals surface area contributed by atoms with Crippen molar-refractivity contribution in [3.05, 3.63) is 47.8 Å². The van der Waals surface area contributed by atoms with Crippen LogP contribution in [0.2, 0.25) is 0 Å². The van der Waals surface area contributed by atoms with E-state index in [9.17, 15) is 4.79 Å². The van der Waals surface area contributed by atoms with E-state index < -0.39 is 0 Å². The van der Waals surface area contributed by atoms with Gasteiger partial charge in [-0.2, -0.15) is 5.10 Å². The lowest BCUT2D eigenvalue weighted by atomic mass is 10.1. The van der Waals surface area contributed by atoms with Crippen LogP contribution in [0.3, 0.4) is 0 Å². The largest absolute Gasteiger partial charge is 0.497 e. The molecule has 0 aliphatic carbocycles. The molecule has 0 bridgehead atoms. The van der Waals surface area contributed by atoms with Gasteiger partial charge in [0.25, 0.3) is 0 Å². The third-order valence-corrected chi connectivity index (χ3v) is 4.06. The molecule has 1 aromatic heterocycles. The zero-order valence-corrected chi connectivity index (χ0v) is 14.3. The lowest BCUT2D eigenvalue weighted by molar-refractivity contribution is -0.131. The number of hydrogen-bond acceptors (Lipinski definition) is 3. The number of aromatic nitrogens is 2. The van der Waals surface area contributed by atoms with Gasteiger partial charge in [0, 0.05) is 32.3 Å². The summed E-state index contributed by atoms with van der Waals surface area (Å²) < 4.78 is 6.98. The fourth-order valence-corrected chi connectivity index (χ4v) is 2.46. The average molecular weight is 315 g/mol. The molecular weight excluding hydrogens is 290 g/mol. The van der Waals surface area contributed by atoms with Crippen molar-refractivity contribution in [2.75, 3.05) is 14.2 Å². The first kappa shape index (κ1) is 17.1. The van der Waals surface area contributed by atoms with Gasteiger partial charge in [-0.05, 0) is 43.5 Å². The molecule has 5 heteroatoms. The molecule has 5 nitrogen and oxygen atoms in total. The van der Waals surface area contributed by atoms with E-state index in [1.807, 2.05) is 54.0 Å². The number of ether oxygens (including phenoxy) is 1. The molecule has 0 fully saturated rings. The van der Waals surface area contributed by atoms with Crippen LogP contribution in [0.15, 0.2) is 36.7 Å². The summed E-state index contributed by atoms with van der Waals surface area (Å²) in [6.07, 6.45) is 5.05. The van der Waals surface area contributed by atoms with Crippen molar-refractivity contribution in [1.29, 1.82) is 0 Å². The molecular formula is C18H25N3O2. The Balaban J connectivity index is 1.84. The van der Waals surface area contributed by atoms with Crippen molar-refractivity contribution in [2.45, 2.75) is 39.3 Å². The molecule has 1 amide bonds. The molecule has 0 saturated heterocycles. The van der Waals surface area contributed by atoms with Gasteiger partial charge in [-0.1, -0.05) is 12.1 Å². The van der Waals surface area contributed by atoms with Crippen LogP contribution in [-0.2, 0) is 17.8 Å². The highest BCUT2D eigenvalue weighted by Gasteiger charge is 2.16. The van der Waals surface area contributed by atoms with Gasteiger partial charge in [0.1, 0.15) is 5.75 Å². The van der Waals surface area contributed by atoms with Crippen LogP contribution in [0, 0.1) is 6.92 Å². The maximum absolute atomic E-state index is 12.3. The van der Waals surface area contributed by atoms with Gasteiger partial charge in [-0.15, -0.1) is 0 Å². The summed E-state index contributed by atoms with van der Waals surface area (Å²) >= 11 is 0. The van der Waals surface area contributed by atoms with Crippen LogP contribution in [0.1, 0.15) is 24.5 Å². The van der Waals surface area contributed by atoms with Crippen LogP contribution in [0.5, 0.6) is 5.75 Å². The summed E-state index contributed by atoms with van der Waals surface area (Å²) in [6, 6.07) is 8.13. The molecule has 1 unspecified atom stereocenters. The second-order valence-electron chi connectivity index (χ2n) is 5.94. The normalized spacial score (nSPS) is 12.0. The number of amides is 1. The SMILES string of the molecule is COc1ccc(CC(C)N(C)C(=O)CCn2cc(C)cn2)cc1. The number of carbonyl (C=O) groups is 1. The number of hydrogen-bond donors (Lipinski definition) is 0. The van der Waals surface area contributed by atoms with Crippen LogP contribution >= 0.6 is 0 Å². The lowest BCUT2D eigenvalue weighted by Crippen LogP contribution is -2.36. The van der Waals surface area contributed by atoms with E-state index in [-0.39, 0.29) is 11.9 Å². The summed E-state index contributed by atoms with van der Waals surface area (Å²) in [5.74, 6) is 0.986. The molecule has 1 heterocycles. The first-order chi connectivity index (χ1) is 11.0. The third kappa shape index (κ3) is 4.84. The predicted octanol–water partition coefficient (Wildman–Crippen LogP) is 2.68. The molecule has 0 spiro atoms. The van der Waals surface area contributed by atoms with E-state index >= 15 is 0 Å². The second kappa shape index (κ2) is 7.81. The molecule has 1 atom stereocenters. The molecule has 2 aromatic rings. The smallest absolute Gasteiger partial charge is 0.224 e. The molecule has 2 rings (SSSR count). The van der Waals surface area contributed by atoms with E-state index in [4.69, 9.17) is 4.74 Å². The van der Waals surface area contributed by atoms with Gasteiger partial charge < -0.3 is 9.64 Å². The fourth-order valence-electron chi connectivity index (χ4n) is 2.46. The number of likely N-dealkylation sites (N-methyl/N-ethyl adjacent to an activating group) is 1.